The van der Waals surface area contributed by atoms with Gasteiger partial charge in [-0.2, -0.15) is 0 Å². The van der Waals surface area contributed by atoms with Crippen LogP contribution in [0.25, 0.3) is 0 Å². The Morgan fingerprint density at radius 3 is 2.90 bits per heavy atom. The summed E-state index contributed by atoms with van der Waals surface area (Å²) in [4.78, 5) is 18.2. The third kappa shape index (κ3) is 3.05. The van der Waals surface area contributed by atoms with E-state index in [1.54, 1.807) is 0 Å². The molecule has 0 radical (unpaired) electrons. The summed E-state index contributed by atoms with van der Waals surface area (Å²) in [7, 11) is 0. The molecule has 2 aliphatic rings. The molecular weight excluding hydrogens is 270 g/mol. The van der Waals surface area contributed by atoms with Crippen LogP contribution in [-0.4, -0.2) is 54.0 Å². The molecule has 4 nitrogen and oxygen atoms in total. The second-order valence-electron chi connectivity index (χ2n) is 6.10. The van der Waals surface area contributed by atoms with E-state index in [9.17, 15) is 4.79 Å². The Hall–Kier alpha value is -0.910. The van der Waals surface area contributed by atoms with E-state index in [0.717, 1.165) is 32.6 Å². The highest BCUT2D eigenvalue weighted by molar-refractivity contribution is 7.10. The number of hydrogen-bond acceptors (Lipinski definition) is 4. The topological polar surface area (TPSA) is 35.6 Å². The van der Waals surface area contributed by atoms with E-state index in [2.05, 4.69) is 35.5 Å². The lowest BCUT2D eigenvalue weighted by Gasteiger charge is -2.37. The highest BCUT2D eigenvalue weighted by Gasteiger charge is 2.26. The molecule has 20 heavy (non-hydrogen) atoms. The Morgan fingerprint density at radius 2 is 2.15 bits per heavy atom. The van der Waals surface area contributed by atoms with Crippen LogP contribution in [0, 0.1) is 0 Å². The fraction of sp³-hybridized carbons (Fsp3) is 0.667. The SMILES string of the molecule is CC1CN(CC(=O)N2CCc3sccc3C2)CC(C)N1. The van der Waals surface area contributed by atoms with Crippen molar-refractivity contribution in [2.24, 2.45) is 0 Å². The molecule has 5 heteroatoms. The lowest BCUT2D eigenvalue weighted by molar-refractivity contribution is -0.133. The molecular formula is C15H23N3OS. The van der Waals surface area contributed by atoms with Crippen molar-refractivity contribution < 1.29 is 4.79 Å². The van der Waals surface area contributed by atoms with E-state index < -0.39 is 0 Å². The monoisotopic (exact) mass is 293 g/mol. The second kappa shape index (κ2) is 5.84. The zero-order valence-electron chi connectivity index (χ0n) is 12.3. The average Bonchev–Trinajstić information content (AvgIpc) is 2.84. The van der Waals surface area contributed by atoms with Gasteiger partial charge in [-0.1, -0.05) is 0 Å². The van der Waals surface area contributed by atoms with Crippen molar-refractivity contribution in [2.45, 2.75) is 38.9 Å². The maximum absolute atomic E-state index is 12.5. The molecule has 2 atom stereocenters. The van der Waals surface area contributed by atoms with Crippen molar-refractivity contribution in [3.8, 4) is 0 Å². The predicted octanol–water partition coefficient (Wildman–Crippen LogP) is 1.31. The Kier molecular flexibility index (Phi) is 4.10. The summed E-state index contributed by atoms with van der Waals surface area (Å²) in [5.41, 5.74) is 1.34. The molecule has 0 aromatic carbocycles. The van der Waals surface area contributed by atoms with Crippen molar-refractivity contribution in [3.05, 3.63) is 21.9 Å². The van der Waals surface area contributed by atoms with Gasteiger partial charge < -0.3 is 10.2 Å². The Labute approximate surface area is 124 Å². The number of hydrogen-bond donors (Lipinski definition) is 1. The summed E-state index contributed by atoms with van der Waals surface area (Å²) in [6.45, 7) is 8.55. The maximum atomic E-state index is 12.5. The molecule has 0 saturated carbocycles. The highest BCUT2D eigenvalue weighted by atomic mass is 32.1. The number of fused-ring (bicyclic) bond motifs is 1. The van der Waals surface area contributed by atoms with E-state index in [0.29, 0.717) is 18.6 Å². The van der Waals surface area contributed by atoms with Gasteiger partial charge in [0.15, 0.2) is 0 Å². The minimum absolute atomic E-state index is 0.281. The van der Waals surface area contributed by atoms with E-state index in [4.69, 9.17) is 0 Å². The van der Waals surface area contributed by atoms with Gasteiger partial charge in [0.1, 0.15) is 0 Å². The molecule has 0 aliphatic carbocycles. The van der Waals surface area contributed by atoms with E-state index in [-0.39, 0.29) is 5.91 Å². The first-order valence-electron chi connectivity index (χ1n) is 7.43. The Balaban J connectivity index is 1.57. The van der Waals surface area contributed by atoms with Gasteiger partial charge in [-0.15, -0.1) is 11.3 Å². The van der Waals surface area contributed by atoms with Crippen LogP contribution >= 0.6 is 11.3 Å². The minimum Gasteiger partial charge on any atom is -0.337 e. The minimum atomic E-state index is 0.281. The van der Waals surface area contributed by atoms with Gasteiger partial charge in [0.05, 0.1) is 6.54 Å². The average molecular weight is 293 g/mol. The van der Waals surface area contributed by atoms with Crippen LogP contribution in [0.2, 0.25) is 0 Å². The third-order valence-electron chi connectivity index (χ3n) is 4.15. The standard InChI is InChI=1S/C15H23N3OS/c1-11-7-17(8-12(2)16-11)10-15(19)18-5-3-14-13(9-18)4-6-20-14/h4,6,11-12,16H,3,5,7-10H2,1-2H3. The summed E-state index contributed by atoms with van der Waals surface area (Å²) >= 11 is 1.82. The molecule has 3 rings (SSSR count). The van der Waals surface area contributed by atoms with Crippen LogP contribution < -0.4 is 5.32 Å². The van der Waals surface area contributed by atoms with Gasteiger partial charge in [0.25, 0.3) is 0 Å². The summed E-state index contributed by atoms with van der Waals surface area (Å²) < 4.78 is 0. The lowest BCUT2D eigenvalue weighted by atomic mass is 10.1. The number of nitrogens with one attached hydrogen (secondary N) is 1. The molecule has 3 heterocycles. The van der Waals surface area contributed by atoms with Crippen LogP contribution in [0.1, 0.15) is 24.3 Å². The normalized spacial score (nSPS) is 27.4. The first kappa shape index (κ1) is 14.0. The van der Waals surface area contributed by atoms with Crippen molar-refractivity contribution in [1.82, 2.24) is 15.1 Å². The molecule has 1 fully saturated rings. The molecule has 110 valence electrons. The van der Waals surface area contributed by atoms with Crippen molar-refractivity contribution in [2.75, 3.05) is 26.2 Å². The van der Waals surface area contributed by atoms with Crippen molar-refractivity contribution in [1.29, 1.82) is 0 Å². The maximum Gasteiger partial charge on any atom is 0.237 e. The number of carbonyl (C=O) groups is 1. The van der Waals surface area contributed by atoms with E-state index in [1.165, 1.54) is 10.4 Å². The predicted molar refractivity (Wildman–Crippen MR) is 81.9 cm³/mol. The zero-order valence-corrected chi connectivity index (χ0v) is 13.1. The molecule has 2 aliphatic heterocycles. The highest BCUT2D eigenvalue weighted by Crippen LogP contribution is 2.24. The lowest BCUT2D eigenvalue weighted by Crippen LogP contribution is -2.56. The number of thiophene rings is 1. The molecule has 0 spiro atoms. The van der Waals surface area contributed by atoms with Gasteiger partial charge in [-0.05, 0) is 37.3 Å². The van der Waals surface area contributed by atoms with E-state index >= 15 is 0 Å². The quantitative estimate of drug-likeness (QED) is 0.893. The van der Waals surface area contributed by atoms with Crippen molar-refractivity contribution in [3.63, 3.8) is 0 Å². The molecule has 1 N–H and O–H groups in total. The van der Waals surface area contributed by atoms with Crippen molar-refractivity contribution >= 4 is 17.2 Å². The molecule has 1 aromatic rings. The van der Waals surface area contributed by atoms with Gasteiger partial charge in [0.2, 0.25) is 5.91 Å². The molecule has 1 saturated heterocycles. The van der Waals surface area contributed by atoms with Gasteiger partial charge >= 0.3 is 0 Å². The van der Waals surface area contributed by atoms with Crippen LogP contribution in [0.5, 0.6) is 0 Å². The molecule has 0 bridgehead atoms. The number of amides is 1. The van der Waals surface area contributed by atoms with Crippen LogP contribution in [0.15, 0.2) is 11.4 Å². The van der Waals surface area contributed by atoms with Crippen LogP contribution in [-0.2, 0) is 17.8 Å². The summed E-state index contributed by atoms with van der Waals surface area (Å²) in [6, 6.07) is 3.10. The number of nitrogens with zero attached hydrogens (tertiary/aromatic N) is 2. The zero-order chi connectivity index (χ0) is 14.1. The van der Waals surface area contributed by atoms with Crippen LogP contribution in [0.3, 0.4) is 0 Å². The fourth-order valence-electron chi connectivity index (χ4n) is 3.32. The molecule has 2 unspecified atom stereocenters. The first-order valence-corrected chi connectivity index (χ1v) is 8.31. The number of carbonyl (C=O) groups excluding carboxylic acids is 1. The summed E-state index contributed by atoms with van der Waals surface area (Å²) in [6.07, 6.45) is 1.02. The third-order valence-corrected chi connectivity index (χ3v) is 5.18. The number of rotatable bonds is 2. The molecule has 1 amide bonds. The first-order chi connectivity index (χ1) is 9.61. The van der Waals surface area contributed by atoms with Gasteiger partial charge in [-0.3, -0.25) is 9.69 Å². The number of piperazine rings is 1. The second-order valence-corrected chi connectivity index (χ2v) is 7.10. The summed E-state index contributed by atoms with van der Waals surface area (Å²) in [5.74, 6) is 0.281. The summed E-state index contributed by atoms with van der Waals surface area (Å²) in [5, 5.41) is 5.64. The van der Waals surface area contributed by atoms with Gasteiger partial charge in [-0.25, -0.2) is 0 Å². The van der Waals surface area contributed by atoms with Crippen LogP contribution in [0.4, 0.5) is 0 Å². The van der Waals surface area contributed by atoms with Gasteiger partial charge in [0, 0.05) is 43.1 Å². The Bertz CT molecular complexity index is 477. The van der Waals surface area contributed by atoms with E-state index in [1.807, 2.05) is 16.2 Å². The fourth-order valence-corrected chi connectivity index (χ4v) is 4.21. The smallest absolute Gasteiger partial charge is 0.237 e. The largest absolute Gasteiger partial charge is 0.337 e. The molecule has 1 aromatic heterocycles. The Morgan fingerprint density at radius 1 is 1.40 bits per heavy atom.